The van der Waals surface area contributed by atoms with Crippen molar-refractivity contribution in [2.24, 2.45) is 11.8 Å². The number of pyridine rings is 1. The van der Waals surface area contributed by atoms with Crippen LogP contribution in [0.15, 0.2) is 61.7 Å². The third-order valence-corrected chi connectivity index (χ3v) is 9.01. The highest BCUT2D eigenvalue weighted by molar-refractivity contribution is 5.95. The van der Waals surface area contributed by atoms with E-state index < -0.39 is 5.82 Å². The van der Waals surface area contributed by atoms with Crippen molar-refractivity contribution in [1.82, 2.24) is 29.2 Å². The van der Waals surface area contributed by atoms with Gasteiger partial charge >= 0.3 is 0 Å². The molecule has 4 aromatic rings. The van der Waals surface area contributed by atoms with Gasteiger partial charge in [0.25, 0.3) is 0 Å². The van der Waals surface area contributed by atoms with Gasteiger partial charge in [0.2, 0.25) is 17.7 Å². The first-order valence-corrected chi connectivity index (χ1v) is 15.1. The van der Waals surface area contributed by atoms with E-state index in [9.17, 15) is 19.6 Å². The lowest BCUT2D eigenvalue weighted by Crippen LogP contribution is -2.57. The van der Waals surface area contributed by atoms with Crippen LogP contribution in [0.3, 0.4) is 0 Å². The molecule has 228 valence electrons. The second-order valence-corrected chi connectivity index (χ2v) is 12.0. The number of fused-ring (bicyclic) bond motifs is 1. The number of rotatable bonds is 7. The normalized spacial score (nSPS) is 17.2. The summed E-state index contributed by atoms with van der Waals surface area (Å²) in [6.45, 7) is 5.61. The quantitative estimate of drug-likeness (QED) is 0.317. The maximum atomic E-state index is 15.6. The van der Waals surface area contributed by atoms with E-state index in [1.165, 1.54) is 18.3 Å². The minimum Gasteiger partial charge on any atom is -0.342 e. The molecular formula is C33H31FN8O3. The van der Waals surface area contributed by atoms with E-state index in [1.54, 1.807) is 33.9 Å². The smallest absolute Gasteiger partial charge is 0.246 e. The Kier molecular flexibility index (Phi) is 7.16. The number of nitrogens with zero attached hydrogens (tertiary/aromatic N) is 7. The molecule has 3 fully saturated rings. The first kappa shape index (κ1) is 28.5. The van der Waals surface area contributed by atoms with Gasteiger partial charge in [-0.3, -0.25) is 19.1 Å². The predicted molar refractivity (Wildman–Crippen MR) is 163 cm³/mol. The van der Waals surface area contributed by atoms with Crippen LogP contribution in [0.4, 0.5) is 10.1 Å². The number of carbonyl (C=O) groups excluding carboxylic acids is 3. The van der Waals surface area contributed by atoms with Gasteiger partial charge in [0.05, 0.1) is 35.4 Å². The van der Waals surface area contributed by atoms with Gasteiger partial charge in [0.15, 0.2) is 0 Å². The standard InChI is InChI=1S/C33H31FN8O3/c1-2-30(43)40-16-24(17-40)33(45)39-9-7-26(8-10-39)41-19-23(15-36-41)21-11-28(31-22(13-35)14-37-42(31)18-21)27-6-5-25(12-29(27)34)38-32(44)20-3-4-20/h2,5-6,11-12,14-15,18-20,24,26H,1,3-4,7-10,16-17H2,(H,38,44). The molecule has 3 aliphatic rings. The van der Waals surface area contributed by atoms with Gasteiger partial charge in [0, 0.05) is 72.4 Å². The average molecular weight is 607 g/mol. The second-order valence-electron chi connectivity index (χ2n) is 12.0. The van der Waals surface area contributed by atoms with Gasteiger partial charge in [-0.1, -0.05) is 6.58 Å². The molecule has 2 saturated heterocycles. The fourth-order valence-corrected chi connectivity index (χ4v) is 6.21. The fraction of sp³-hybridized carbons (Fsp3) is 0.333. The van der Waals surface area contributed by atoms with Gasteiger partial charge in [-0.2, -0.15) is 15.5 Å². The van der Waals surface area contributed by atoms with Crippen LogP contribution in [-0.4, -0.2) is 73.1 Å². The molecule has 5 heterocycles. The lowest BCUT2D eigenvalue weighted by molar-refractivity contribution is -0.147. The van der Waals surface area contributed by atoms with Crippen molar-refractivity contribution in [3.8, 4) is 28.3 Å². The molecule has 0 unspecified atom stereocenters. The second kappa shape index (κ2) is 11.3. The minimum absolute atomic E-state index is 0.000661. The molecule has 3 aromatic heterocycles. The monoisotopic (exact) mass is 606 g/mol. The minimum atomic E-state index is -0.522. The van der Waals surface area contributed by atoms with Crippen LogP contribution < -0.4 is 5.32 Å². The molecule has 7 rings (SSSR count). The maximum absolute atomic E-state index is 15.6. The number of hydrogen-bond acceptors (Lipinski definition) is 6. The molecule has 11 nitrogen and oxygen atoms in total. The summed E-state index contributed by atoms with van der Waals surface area (Å²) in [6.07, 6.45) is 11.4. The Labute approximate surface area is 258 Å². The summed E-state index contributed by atoms with van der Waals surface area (Å²) in [5.74, 6) is -0.836. The van der Waals surface area contributed by atoms with Crippen molar-refractivity contribution >= 4 is 28.9 Å². The average Bonchev–Trinajstić information content (AvgIpc) is 3.62. The molecule has 0 radical (unpaired) electrons. The Hall–Kier alpha value is -5.31. The Morgan fingerprint density at radius 1 is 0.956 bits per heavy atom. The zero-order valence-corrected chi connectivity index (χ0v) is 24.5. The Balaban J connectivity index is 1.09. The summed E-state index contributed by atoms with van der Waals surface area (Å²) in [4.78, 5) is 40.3. The summed E-state index contributed by atoms with van der Waals surface area (Å²) in [5, 5.41) is 21.5. The lowest BCUT2D eigenvalue weighted by atomic mass is 9.96. The van der Waals surface area contributed by atoms with E-state index in [0.29, 0.717) is 48.5 Å². The number of anilines is 1. The van der Waals surface area contributed by atoms with Crippen LogP contribution in [0.2, 0.25) is 0 Å². The van der Waals surface area contributed by atoms with Gasteiger partial charge in [-0.15, -0.1) is 0 Å². The summed E-state index contributed by atoms with van der Waals surface area (Å²) >= 11 is 0. The molecule has 1 aromatic carbocycles. The van der Waals surface area contributed by atoms with E-state index in [0.717, 1.165) is 36.8 Å². The zero-order valence-electron chi connectivity index (χ0n) is 24.5. The number of carbonyl (C=O) groups is 3. The van der Waals surface area contributed by atoms with Crippen molar-refractivity contribution in [2.45, 2.75) is 31.7 Å². The molecule has 0 bridgehead atoms. The fourth-order valence-electron chi connectivity index (χ4n) is 6.21. The molecule has 0 atom stereocenters. The van der Waals surface area contributed by atoms with Crippen LogP contribution in [0.25, 0.3) is 27.8 Å². The number of nitriles is 1. The van der Waals surface area contributed by atoms with Crippen molar-refractivity contribution in [3.05, 3.63) is 73.1 Å². The van der Waals surface area contributed by atoms with Crippen LogP contribution in [0.5, 0.6) is 0 Å². The first-order chi connectivity index (χ1) is 21.8. The van der Waals surface area contributed by atoms with E-state index in [-0.39, 0.29) is 41.2 Å². The van der Waals surface area contributed by atoms with E-state index in [4.69, 9.17) is 0 Å². The summed E-state index contributed by atoms with van der Waals surface area (Å²) in [7, 11) is 0. The van der Waals surface area contributed by atoms with E-state index in [1.807, 2.05) is 21.8 Å². The number of benzene rings is 1. The largest absolute Gasteiger partial charge is 0.342 e. The number of nitrogens with one attached hydrogen (secondary N) is 1. The van der Waals surface area contributed by atoms with Gasteiger partial charge < -0.3 is 15.1 Å². The van der Waals surface area contributed by atoms with Gasteiger partial charge in [0.1, 0.15) is 11.9 Å². The summed E-state index contributed by atoms with van der Waals surface area (Å²) in [6, 6.07) is 8.68. The summed E-state index contributed by atoms with van der Waals surface area (Å²) in [5.41, 5.74) is 3.54. The third kappa shape index (κ3) is 5.35. The number of aromatic nitrogens is 4. The molecular weight excluding hydrogens is 575 g/mol. The Bertz CT molecular complexity index is 1890. The zero-order chi connectivity index (χ0) is 31.2. The number of halogens is 1. The highest BCUT2D eigenvalue weighted by Gasteiger charge is 2.38. The number of piperidine rings is 1. The van der Waals surface area contributed by atoms with Gasteiger partial charge in [-0.05, 0) is 56.0 Å². The Morgan fingerprint density at radius 3 is 2.42 bits per heavy atom. The topological polar surface area (TPSA) is 129 Å². The van der Waals surface area contributed by atoms with Crippen LogP contribution >= 0.6 is 0 Å². The van der Waals surface area contributed by atoms with Crippen LogP contribution in [0, 0.1) is 29.0 Å². The molecule has 1 saturated carbocycles. The number of amides is 3. The molecule has 12 heteroatoms. The lowest BCUT2D eigenvalue weighted by Gasteiger charge is -2.41. The molecule has 1 N–H and O–H groups in total. The van der Waals surface area contributed by atoms with Crippen LogP contribution in [0.1, 0.15) is 37.3 Å². The first-order valence-electron chi connectivity index (χ1n) is 15.1. The molecule has 3 amide bonds. The molecule has 0 spiro atoms. The van der Waals surface area contributed by atoms with E-state index >= 15 is 4.39 Å². The van der Waals surface area contributed by atoms with Crippen molar-refractivity contribution in [2.75, 3.05) is 31.5 Å². The van der Waals surface area contributed by atoms with Crippen LogP contribution in [-0.2, 0) is 14.4 Å². The summed E-state index contributed by atoms with van der Waals surface area (Å²) < 4.78 is 19.1. The highest BCUT2D eigenvalue weighted by Crippen LogP contribution is 2.36. The predicted octanol–water partition coefficient (Wildman–Crippen LogP) is 4.03. The number of likely N-dealkylation sites (tertiary alicyclic amines) is 2. The van der Waals surface area contributed by atoms with Crippen molar-refractivity contribution in [1.29, 1.82) is 5.26 Å². The maximum Gasteiger partial charge on any atom is 0.246 e. The number of hydrogen-bond donors (Lipinski definition) is 1. The molecule has 45 heavy (non-hydrogen) atoms. The van der Waals surface area contributed by atoms with E-state index in [2.05, 4.69) is 28.2 Å². The SMILES string of the molecule is C=CC(=O)N1CC(C(=O)N2CCC(n3cc(-c4cc(-c5ccc(NC(=O)C6CC6)cc5F)c5c(C#N)cnn5c4)cn3)CC2)C1. The molecule has 2 aliphatic heterocycles. The van der Waals surface area contributed by atoms with Gasteiger partial charge in [-0.25, -0.2) is 8.91 Å². The third-order valence-electron chi connectivity index (χ3n) is 9.01. The Morgan fingerprint density at radius 2 is 1.73 bits per heavy atom. The van der Waals surface area contributed by atoms with Crippen molar-refractivity contribution < 1.29 is 18.8 Å². The molecule has 1 aliphatic carbocycles. The van der Waals surface area contributed by atoms with Crippen molar-refractivity contribution in [3.63, 3.8) is 0 Å². The highest BCUT2D eigenvalue weighted by atomic mass is 19.1.